The Kier molecular flexibility index (Phi) is 6.85. The number of likely N-dealkylation sites (N-methyl/N-ethyl adjacent to an activating group) is 1. The van der Waals surface area contributed by atoms with Crippen LogP contribution in [0.2, 0.25) is 0 Å². The number of piperazine rings is 1. The lowest BCUT2D eigenvalue weighted by Gasteiger charge is -2.33. The molecule has 1 aliphatic rings. The van der Waals surface area contributed by atoms with Gasteiger partial charge in [-0.15, -0.1) is 0 Å². The lowest BCUT2D eigenvalue weighted by Crippen LogP contribution is -2.44. The van der Waals surface area contributed by atoms with E-state index in [0.717, 1.165) is 37.0 Å². The summed E-state index contributed by atoms with van der Waals surface area (Å²) in [6.45, 7) is 5.26. The summed E-state index contributed by atoms with van der Waals surface area (Å²) < 4.78 is 28.5. The van der Waals surface area contributed by atoms with Crippen LogP contribution in [0.15, 0.2) is 66.0 Å². The van der Waals surface area contributed by atoms with Gasteiger partial charge in [-0.05, 0) is 62.4 Å². The number of nitrogens with one attached hydrogen (secondary N) is 2. The Morgan fingerprint density at radius 3 is 2.46 bits per heavy atom. The maximum Gasteiger partial charge on any atom is 0.264 e. The van der Waals surface area contributed by atoms with Crippen LogP contribution >= 0.6 is 0 Å². The van der Waals surface area contributed by atoms with Crippen LogP contribution in [0.5, 0.6) is 0 Å². The molecule has 0 amide bonds. The van der Waals surface area contributed by atoms with Crippen molar-refractivity contribution in [3.05, 3.63) is 66.7 Å². The SMILES string of the molecule is CC#Cc1nccc2cnc(Nc3ccc(S(=O)(=O)Nc4nccc(N5CCN(C)CC5)n4)cc3)cc12. The van der Waals surface area contributed by atoms with E-state index in [0.29, 0.717) is 23.0 Å². The molecule has 0 radical (unpaired) electrons. The van der Waals surface area contributed by atoms with Crippen molar-refractivity contribution in [2.24, 2.45) is 0 Å². The van der Waals surface area contributed by atoms with E-state index in [-0.39, 0.29) is 10.8 Å². The molecule has 1 aliphatic heterocycles. The van der Waals surface area contributed by atoms with Gasteiger partial charge in [0.15, 0.2) is 0 Å². The minimum absolute atomic E-state index is 0.0404. The number of rotatable bonds is 6. The third-order valence-electron chi connectivity index (χ3n) is 6.02. The van der Waals surface area contributed by atoms with E-state index >= 15 is 0 Å². The highest BCUT2D eigenvalue weighted by molar-refractivity contribution is 7.92. The predicted molar refractivity (Wildman–Crippen MR) is 144 cm³/mol. The third-order valence-corrected chi connectivity index (χ3v) is 7.37. The van der Waals surface area contributed by atoms with Gasteiger partial charge in [-0.3, -0.25) is 0 Å². The number of anilines is 4. The van der Waals surface area contributed by atoms with Crippen molar-refractivity contribution < 1.29 is 8.42 Å². The Morgan fingerprint density at radius 1 is 0.946 bits per heavy atom. The third kappa shape index (κ3) is 5.61. The molecule has 10 nitrogen and oxygen atoms in total. The van der Waals surface area contributed by atoms with Crippen molar-refractivity contribution in [1.82, 2.24) is 24.8 Å². The maximum absolute atomic E-state index is 13.0. The second-order valence-electron chi connectivity index (χ2n) is 8.61. The van der Waals surface area contributed by atoms with Crippen LogP contribution in [-0.2, 0) is 10.0 Å². The summed E-state index contributed by atoms with van der Waals surface area (Å²) in [5.41, 5.74) is 1.36. The topological polar surface area (TPSA) is 116 Å². The molecule has 0 bridgehead atoms. The van der Waals surface area contributed by atoms with Crippen molar-refractivity contribution in [2.45, 2.75) is 11.8 Å². The number of fused-ring (bicyclic) bond motifs is 1. The molecule has 0 spiro atoms. The summed E-state index contributed by atoms with van der Waals surface area (Å²) in [7, 11) is -1.79. The Labute approximate surface area is 215 Å². The second-order valence-corrected chi connectivity index (χ2v) is 10.3. The largest absolute Gasteiger partial charge is 0.354 e. The number of nitrogens with zero attached hydrogens (tertiary/aromatic N) is 6. The van der Waals surface area contributed by atoms with E-state index in [1.54, 1.807) is 43.7 Å². The van der Waals surface area contributed by atoms with Crippen molar-refractivity contribution in [2.75, 3.05) is 48.2 Å². The maximum atomic E-state index is 13.0. The molecule has 0 saturated carbocycles. The molecule has 188 valence electrons. The monoisotopic (exact) mass is 514 g/mol. The Bertz CT molecular complexity index is 1590. The van der Waals surface area contributed by atoms with Gasteiger partial charge in [0, 0.05) is 61.2 Å². The smallest absolute Gasteiger partial charge is 0.264 e. The zero-order chi connectivity index (χ0) is 25.8. The quantitative estimate of drug-likeness (QED) is 0.375. The molecule has 1 aromatic carbocycles. The van der Waals surface area contributed by atoms with Gasteiger partial charge >= 0.3 is 0 Å². The first-order valence-electron chi connectivity index (χ1n) is 11.8. The van der Waals surface area contributed by atoms with Crippen LogP contribution in [-0.4, -0.2) is 66.5 Å². The molecule has 1 fully saturated rings. The van der Waals surface area contributed by atoms with Gasteiger partial charge in [-0.1, -0.05) is 5.92 Å². The molecule has 2 N–H and O–H groups in total. The normalized spacial score (nSPS) is 14.2. The minimum atomic E-state index is -3.87. The van der Waals surface area contributed by atoms with Crippen molar-refractivity contribution in [3.8, 4) is 11.8 Å². The molecule has 1 saturated heterocycles. The van der Waals surface area contributed by atoms with Gasteiger partial charge in [0.2, 0.25) is 5.95 Å². The van der Waals surface area contributed by atoms with E-state index in [1.165, 1.54) is 12.1 Å². The zero-order valence-corrected chi connectivity index (χ0v) is 21.3. The summed E-state index contributed by atoms with van der Waals surface area (Å²) in [5.74, 6) is 7.22. The molecule has 0 atom stereocenters. The van der Waals surface area contributed by atoms with E-state index < -0.39 is 10.0 Å². The van der Waals surface area contributed by atoms with Crippen molar-refractivity contribution in [1.29, 1.82) is 0 Å². The van der Waals surface area contributed by atoms with Gasteiger partial charge in [0.1, 0.15) is 17.3 Å². The number of benzene rings is 1. The first kappa shape index (κ1) is 24.4. The van der Waals surface area contributed by atoms with Gasteiger partial charge in [0.25, 0.3) is 10.0 Å². The van der Waals surface area contributed by atoms with Crippen LogP contribution in [0.1, 0.15) is 12.6 Å². The molecule has 37 heavy (non-hydrogen) atoms. The molecule has 4 aromatic rings. The zero-order valence-electron chi connectivity index (χ0n) is 20.5. The van der Waals surface area contributed by atoms with Crippen LogP contribution in [0.25, 0.3) is 10.8 Å². The van der Waals surface area contributed by atoms with Gasteiger partial charge in [-0.25, -0.2) is 28.1 Å². The highest BCUT2D eigenvalue weighted by Gasteiger charge is 2.19. The molecular formula is C26H26N8O2S. The van der Waals surface area contributed by atoms with Crippen LogP contribution in [0.3, 0.4) is 0 Å². The first-order chi connectivity index (χ1) is 17.9. The average Bonchev–Trinajstić information content (AvgIpc) is 2.90. The summed E-state index contributed by atoms with van der Waals surface area (Å²) >= 11 is 0. The van der Waals surface area contributed by atoms with Crippen molar-refractivity contribution in [3.63, 3.8) is 0 Å². The Morgan fingerprint density at radius 2 is 1.70 bits per heavy atom. The van der Waals surface area contributed by atoms with Crippen molar-refractivity contribution >= 4 is 44.1 Å². The molecule has 0 unspecified atom stereocenters. The van der Waals surface area contributed by atoms with Crippen LogP contribution in [0.4, 0.5) is 23.3 Å². The van der Waals surface area contributed by atoms with Crippen LogP contribution in [0, 0.1) is 11.8 Å². The lowest BCUT2D eigenvalue weighted by atomic mass is 10.1. The molecule has 4 heterocycles. The number of pyridine rings is 2. The lowest BCUT2D eigenvalue weighted by molar-refractivity contribution is 0.312. The summed E-state index contributed by atoms with van der Waals surface area (Å²) in [6, 6.07) is 11.9. The first-order valence-corrected chi connectivity index (χ1v) is 13.2. The minimum Gasteiger partial charge on any atom is -0.354 e. The van der Waals surface area contributed by atoms with E-state index in [1.807, 2.05) is 12.1 Å². The summed E-state index contributed by atoms with van der Waals surface area (Å²) in [6.07, 6.45) is 5.02. The number of hydrogen-bond donors (Lipinski definition) is 2. The summed E-state index contributed by atoms with van der Waals surface area (Å²) in [5, 5.41) is 5.03. The van der Waals surface area contributed by atoms with Gasteiger partial charge in [-0.2, -0.15) is 4.98 Å². The summed E-state index contributed by atoms with van der Waals surface area (Å²) in [4.78, 5) is 21.8. The molecular weight excluding hydrogens is 488 g/mol. The van der Waals surface area contributed by atoms with Gasteiger partial charge in [0.05, 0.1) is 4.90 Å². The number of sulfonamides is 1. The fourth-order valence-electron chi connectivity index (χ4n) is 4.01. The average molecular weight is 515 g/mol. The number of aromatic nitrogens is 4. The standard InChI is InChI=1S/C26H26N8O2S/c1-3-4-23-22-17-24(29-18-19(22)9-11-27-23)30-20-5-7-21(8-6-20)37(35,36)32-26-28-12-10-25(31-26)34-15-13-33(2)14-16-34/h5-12,17-18H,13-16H2,1-2H3,(H,29,30)(H,28,31,32). The van der Waals surface area contributed by atoms with E-state index in [2.05, 4.69) is 58.7 Å². The fraction of sp³-hybridized carbons (Fsp3) is 0.231. The molecule has 11 heteroatoms. The number of hydrogen-bond acceptors (Lipinski definition) is 9. The van der Waals surface area contributed by atoms with Crippen LogP contribution < -0.4 is 14.9 Å². The fourth-order valence-corrected chi connectivity index (χ4v) is 4.96. The highest BCUT2D eigenvalue weighted by atomic mass is 32.2. The van der Waals surface area contributed by atoms with E-state index in [9.17, 15) is 8.42 Å². The highest BCUT2D eigenvalue weighted by Crippen LogP contribution is 2.23. The predicted octanol–water partition coefficient (Wildman–Crippen LogP) is 3.09. The Balaban J connectivity index is 1.30. The molecule has 5 rings (SSSR count). The van der Waals surface area contributed by atoms with Gasteiger partial charge < -0.3 is 15.1 Å². The second kappa shape index (κ2) is 10.4. The molecule has 3 aromatic heterocycles. The Hall–Kier alpha value is -4.27. The molecule has 0 aliphatic carbocycles. The van der Waals surface area contributed by atoms with E-state index in [4.69, 9.17) is 0 Å².